The average molecular weight is 496 g/mol. The summed E-state index contributed by atoms with van der Waals surface area (Å²) < 4.78 is 36.8. The van der Waals surface area contributed by atoms with Gasteiger partial charge in [0.1, 0.15) is 12.6 Å². The Morgan fingerprint density at radius 1 is 1.15 bits per heavy atom. The average Bonchev–Trinajstić information content (AvgIpc) is 3.25. The molecule has 1 N–H and O–H groups in total. The fraction of sp³-hybridized carbons (Fsp3) is 0.364. The number of halogens is 1. The molecule has 1 heterocycles. The van der Waals surface area contributed by atoms with Crippen LogP contribution in [0.4, 0.5) is 5.69 Å². The van der Waals surface area contributed by atoms with Gasteiger partial charge >= 0.3 is 0 Å². The Bertz CT molecular complexity index is 1140. The van der Waals surface area contributed by atoms with Crippen LogP contribution in [0.5, 0.6) is 11.5 Å². The first-order valence-electron chi connectivity index (χ1n) is 10.3. The maximum atomic E-state index is 13.5. The summed E-state index contributed by atoms with van der Waals surface area (Å²) in [5.41, 5.74) is 0.893. The number of amides is 2. The van der Waals surface area contributed by atoms with Crippen molar-refractivity contribution in [1.29, 1.82) is 0 Å². The maximum Gasteiger partial charge on any atom is 0.244 e. The van der Waals surface area contributed by atoms with E-state index in [-0.39, 0.29) is 24.9 Å². The minimum atomic E-state index is -3.84. The smallest absolute Gasteiger partial charge is 0.244 e. The third kappa shape index (κ3) is 5.69. The van der Waals surface area contributed by atoms with Crippen LogP contribution in [0.1, 0.15) is 18.9 Å². The van der Waals surface area contributed by atoms with Crippen LogP contribution in [-0.2, 0) is 26.2 Å². The van der Waals surface area contributed by atoms with Crippen LogP contribution in [0.2, 0.25) is 5.02 Å². The van der Waals surface area contributed by atoms with Crippen molar-refractivity contribution >= 4 is 39.1 Å². The molecule has 0 fully saturated rings. The molecule has 0 bridgehead atoms. The minimum absolute atomic E-state index is 0.0342. The number of ether oxygens (including phenoxy) is 2. The molecule has 0 saturated carbocycles. The monoisotopic (exact) mass is 495 g/mol. The van der Waals surface area contributed by atoms with Gasteiger partial charge in [0, 0.05) is 24.7 Å². The predicted octanol–water partition coefficient (Wildman–Crippen LogP) is 2.39. The molecule has 0 aromatic heterocycles. The Morgan fingerprint density at radius 2 is 1.85 bits per heavy atom. The first-order valence-corrected chi connectivity index (χ1v) is 12.5. The molecular weight excluding hydrogens is 470 g/mol. The van der Waals surface area contributed by atoms with Crippen molar-refractivity contribution < 1.29 is 27.5 Å². The highest BCUT2D eigenvalue weighted by Crippen LogP contribution is 2.36. The number of hydrogen-bond acceptors (Lipinski definition) is 6. The van der Waals surface area contributed by atoms with Crippen molar-refractivity contribution in [3.63, 3.8) is 0 Å². The molecule has 11 heteroatoms. The SMILES string of the molecule is CC[C@@H](C(=O)NC)N(Cc1ccccc1Cl)C(=O)CN(c1ccc2c(c1)OCO2)S(C)(=O)=O. The molecule has 0 unspecified atom stereocenters. The number of carbonyl (C=O) groups excluding carboxylic acids is 2. The molecule has 1 aliphatic heterocycles. The maximum absolute atomic E-state index is 13.5. The molecule has 2 aromatic carbocycles. The van der Waals surface area contributed by atoms with E-state index in [0.717, 1.165) is 10.6 Å². The topological polar surface area (TPSA) is 105 Å². The standard InChI is InChI=1S/C22H26ClN3O6S/c1-4-18(22(28)24-2)25(12-15-7-5-6-8-17(15)23)21(27)13-26(33(3,29)30)16-9-10-19-20(11-16)32-14-31-19/h5-11,18H,4,12-14H2,1-3H3,(H,24,28)/t18-/m0/s1. The summed E-state index contributed by atoms with van der Waals surface area (Å²) in [6.45, 7) is 1.35. The van der Waals surface area contributed by atoms with Crippen LogP contribution >= 0.6 is 11.6 Å². The fourth-order valence-corrected chi connectivity index (χ4v) is 4.59. The number of likely N-dealkylation sites (N-methyl/N-ethyl adjacent to an activating group) is 1. The second-order valence-electron chi connectivity index (χ2n) is 7.46. The predicted molar refractivity (Wildman–Crippen MR) is 125 cm³/mol. The van der Waals surface area contributed by atoms with Crippen molar-refractivity contribution in [2.75, 3.05) is 30.9 Å². The van der Waals surface area contributed by atoms with Crippen LogP contribution in [0.3, 0.4) is 0 Å². The van der Waals surface area contributed by atoms with Gasteiger partial charge in [-0.3, -0.25) is 13.9 Å². The highest BCUT2D eigenvalue weighted by atomic mass is 35.5. The molecule has 1 atom stereocenters. The Hall–Kier alpha value is -2.98. The van der Waals surface area contributed by atoms with Crippen LogP contribution < -0.4 is 19.1 Å². The lowest BCUT2D eigenvalue weighted by Crippen LogP contribution is -2.51. The van der Waals surface area contributed by atoms with Crippen molar-refractivity contribution in [3.8, 4) is 11.5 Å². The first-order chi connectivity index (χ1) is 15.7. The van der Waals surface area contributed by atoms with Crippen LogP contribution in [-0.4, -0.2) is 57.8 Å². The van der Waals surface area contributed by atoms with Gasteiger partial charge in [-0.2, -0.15) is 0 Å². The number of nitrogens with one attached hydrogen (secondary N) is 1. The third-order valence-electron chi connectivity index (χ3n) is 5.25. The lowest BCUT2D eigenvalue weighted by Gasteiger charge is -2.32. The second kappa shape index (κ2) is 10.3. The zero-order valence-corrected chi connectivity index (χ0v) is 20.1. The summed E-state index contributed by atoms with van der Waals surface area (Å²) >= 11 is 6.29. The van der Waals surface area contributed by atoms with Gasteiger partial charge in [0.05, 0.1) is 11.9 Å². The molecule has 2 amide bonds. The van der Waals surface area contributed by atoms with Crippen molar-refractivity contribution in [2.24, 2.45) is 0 Å². The van der Waals surface area contributed by atoms with E-state index >= 15 is 0 Å². The van der Waals surface area contributed by atoms with Gasteiger partial charge in [0.25, 0.3) is 0 Å². The van der Waals surface area contributed by atoms with E-state index in [9.17, 15) is 18.0 Å². The Morgan fingerprint density at radius 3 is 2.48 bits per heavy atom. The van der Waals surface area contributed by atoms with E-state index < -0.39 is 28.5 Å². The third-order valence-corrected chi connectivity index (χ3v) is 6.76. The number of carbonyl (C=O) groups is 2. The number of anilines is 1. The summed E-state index contributed by atoms with van der Waals surface area (Å²) in [6.07, 6.45) is 1.35. The zero-order chi connectivity index (χ0) is 24.2. The second-order valence-corrected chi connectivity index (χ2v) is 9.77. The van der Waals surface area contributed by atoms with Gasteiger partial charge in [-0.15, -0.1) is 0 Å². The first kappa shape index (κ1) is 24.7. The van der Waals surface area contributed by atoms with Crippen molar-refractivity contribution in [3.05, 3.63) is 53.1 Å². The molecule has 33 heavy (non-hydrogen) atoms. The van der Waals surface area contributed by atoms with Gasteiger partial charge in [-0.05, 0) is 30.2 Å². The number of rotatable bonds is 9. The summed E-state index contributed by atoms with van der Waals surface area (Å²) in [5, 5.41) is 3.01. The number of benzene rings is 2. The van der Waals surface area contributed by atoms with Crippen LogP contribution in [0.25, 0.3) is 0 Å². The van der Waals surface area contributed by atoms with Gasteiger partial charge in [0.2, 0.25) is 28.6 Å². The number of nitrogens with zero attached hydrogens (tertiary/aromatic N) is 2. The largest absolute Gasteiger partial charge is 0.454 e. The van der Waals surface area contributed by atoms with E-state index in [0.29, 0.717) is 28.5 Å². The molecule has 2 aromatic rings. The number of fused-ring (bicyclic) bond motifs is 1. The Balaban J connectivity index is 1.95. The molecule has 0 spiro atoms. The normalized spacial score (nSPS) is 13.3. The van der Waals surface area contributed by atoms with E-state index in [1.807, 2.05) is 0 Å². The molecule has 0 saturated heterocycles. The van der Waals surface area contributed by atoms with Crippen molar-refractivity contribution in [2.45, 2.75) is 25.9 Å². The molecule has 3 rings (SSSR count). The van der Waals surface area contributed by atoms with Gasteiger partial charge < -0.3 is 19.7 Å². The van der Waals surface area contributed by atoms with Gasteiger partial charge in [-0.25, -0.2) is 8.42 Å². The number of sulfonamides is 1. The van der Waals surface area contributed by atoms with E-state index in [1.54, 1.807) is 37.3 Å². The summed E-state index contributed by atoms with van der Waals surface area (Å²) in [6, 6.07) is 10.8. The Kier molecular flexibility index (Phi) is 7.70. The lowest BCUT2D eigenvalue weighted by molar-refractivity contribution is -0.140. The van der Waals surface area contributed by atoms with E-state index in [4.69, 9.17) is 21.1 Å². The fourth-order valence-electron chi connectivity index (χ4n) is 3.55. The van der Waals surface area contributed by atoms with Crippen LogP contribution in [0.15, 0.2) is 42.5 Å². The molecule has 9 nitrogen and oxygen atoms in total. The van der Waals surface area contributed by atoms with E-state index in [1.165, 1.54) is 24.1 Å². The summed E-state index contributed by atoms with van der Waals surface area (Å²) in [5.74, 6) is -0.0248. The van der Waals surface area contributed by atoms with Crippen molar-refractivity contribution in [1.82, 2.24) is 10.2 Å². The van der Waals surface area contributed by atoms with Gasteiger partial charge in [0.15, 0.2) is 11.5 Å². The van der Waals surface area contributed by atoms with Gasteiger partial charge in [-0.1, -0.05) is 36.7 Å². The quantitative estimate of drug-likeness (QED) is 0.572. The molecule has 0 radical (unpaired) electrons. The summed E-state index contributed by atoms with van der Waals surface area (Å²) in [7, 11) is -2.36. The molecule has 178 valence electrons. The zero-order valence-electron chi connectivity index (χ0n) is 18.6. The molecular formula is C22H26ClN3O6S. The highest BCUT2D eigenvalue weighted by molar-refractivity contribution is 7.92. The Labute approximate surface area is 198 Å². The van der Waals surface area contributed by atoms with E-state index in [2.05, 4.69) is 5.32 Å². The van der Waals surface area contributed by atoms with Crippen LogP contribution in [0, 0.1) is 0 Å². The molecule has 0 aliphatic carbocycles. The molecule has 1 aliphatic rings. The number of hydrogen-bond donors (Lipinski definition) is 1. The summed E-state index contributed by atoms with van der Waals surface area (Å²) in [4.78, 5) is 27.4. The highest BCUT2D eigenvalue weighted by Gasteiger charge is 2.32. The lowest BCUT2D eigenvalue weighted by atomic mass is 10.1. The minimum Gasteiger partial charge on any atom is -0.454 e.